The number of benzene rings is 1. The van der Waals surface area contributed by atoms with Crippen LogP contribution in [-0.2, 0) is 10.3 Å². The highest BCUT2D eigenvalue weighted by Crippen LogP contribution is 2.37. The molecule has 1 aromatic carbocycles. The monoisotopic (exact) mass is 341 g/mol. The maximum Gasteiger partial charge on any atom is 0.412 e. The molecule has 0 fully saturated rings. The molecule has 0 atom stereocenters. The van der Waals surface area contributed by atoms with Gasteiger partial charge in [0.2, 0.25) is 0 Å². The third-order valence-electron chi connectivity index (χ3n) is 3.27. The molecule has 0 saturated carbocycles. The molecule has 1 N–H and O–H groups in total. The number of unbranched alkanes of at least 4 members (excludes halogenated alkanes) is 2. The molecular weight excluding hydrogens is 322 g/mol. The van der Waals surface area contributed by atoms with Crippen LogP contribution in [0.3, 0.4) is 0 Å². The second-order valence-electron chi connectivity index (χ2n) is 5.33. The molecule has 1 aliphatic rings. The van der Waals surface area contributed by atoms with E-state index in [1.54, 1.807) is 0 Å². The van der Waals surface area contributed by atoms with Gasteiger partial charge in [-0.2, -0.15) is 0 Å². The number of fused-ring (bicyclic) bond motifs is 1. The average molecular weight is 342 g/mol. The quantitative estimate of drug-likeness (QED) is 0.615. The van der Waals surface area contributed by atoms with E-state index >= 15 is 0 Å². The van der Waals surface area contributed by atoms with Crippen molar-refractivity contribution in [3.63, 3.8) is 0 Å². The Morgan fingerprint density at radius 2 is 2.10 bits per heavy atom. The number of carbonyl (C=O) groups excluding carboxylic acids is 1. The van der Waals surface area contributed by atoms with E-state index in [0.29, 0.717) is 6.61 Å². The fourth-order valence-electron chi connectivity index (χ4n) is 2.21. The summed E-state index contributed by atoms with van der Waals surface area (Å²) in [6, 6.07) is 5.69. The first-order valence-electron chi connectivity index (χ1n) is 6.86. The van der Waals surface area contributed by atoms with Crippen LogP contribution in [0.25, 0.3) is 0 Å². The largest absolute Gasteiger partial charge is 0.494 e. The number of hydrogen-bond acceptors (Lipinski definition) is 3. The molecule has 0 radical (unpaired) electrons. The van der Waals surface area contributed by atoms with Crippen LogP contribution in [0, 0.1) is 0 Å². The van der Waals surface area contributed by atoms with Gasteiger partial charge in [0.1, 0.15) is 11.4 Å². The predicted octanol–water partition coefficient (Wildman–Crippen LogP) is 4.43. The summed E-state index contributed by atoms with van der Waals surface area (Å²) in [7, 11) is 0. The fraction of sp³-hybridized carbons (Fsp3) is 0.533. The summed E-state index contributed by atoms with van der Waals surface area (Å²) in [5, 5.41) is 3.74. The van der Waals surface area contributed by atoms with Gasteiger partial charge in [0.15, 0.2) is 0 Å². The minimum absolute atomic E-state index is 0.411. The van der Waals surface area contributed by atoms with Crippen LogP contribution in [0.1, 0.15) is 38.7 Å². The molecule has 0 bridgehead atoms. The topological polar surface area (TPSA) is 47.6 Å². The van der Waals surface area contributed by atoms with Crippen molar-refractivity contribution in [2.75, 3.05) is 17.3 Å². The first kappa shape index (κ1) is 15.2. The molecular formula is C15H20BrNO3. The van der Waals surface area contributed by atoms with Gasteiger partial charge < -0.3 is 9.47 Å². The Kier molecular flexibility index (Phi) is 4.91. The Labute approximate surface area is 128 Å². The molecule has 0 unspecified atom stereocenters. The van der Waals surface area contributed by atoms with Gasteiger partial charge in [-0.3, -0.25) is 5.32 Å². The lowest BCUT2D eigenvalue weighted by atomic mass is 9.94. The van der Waals surface area contributed by atoms with Gasteiger partial charge in [-0.15, -0.1) is 0 Å². The van der Waals surface area contributed by atoms with E-state index in [-0.39, 0.29) is 0 Å². The summed E-state index contributed by atoms with van der Waals surface area (Å²) in [6.45, 7) is 4.47. The Hall–Kier alpha value is -1.23. The van der Waals surface area contributed by atoms with E-state index in [9.17, 15) is 4.79 Å². The van der Waals surface area contributed by atoms with Gasteiger partial charge in [0, 0.05) is 10.9 Å². The normalized spacial score (nSPS) is 16.1. The molecule has 0 spiro atoms. The minimum Gasteiger partial charge on any atom is -0.494 e. The smallest absolute Gasteiger partial charge is 0.412 e. The van der Waals surface area contributed by atoms with Crippen molar-refractivity contribution in [3.8, 4) is 5.75 Å². The molecule has 1 aliphatic heterocycles. The third kappa shape index (κ3) is 3.66. The molecule has 110 valence electrons. The first-order valence-corrected chi connectivity index (χ1v) is 7.98. The lowest BCUT2D eigenvalue weighted by Gasteiger charge is -2.32. The lowest BCUT2D eigenvalue weighted by molar-refractivity contribution is 0.0418. The fourth-order valence-corrected chi connectivity index (χ4v) is 2.60. The van der Waals surface area contributed by atoms with Crippen LogP contribution in [0.4, 0.5) is 10.5 Å². The number of rotatable bonds is 6. The summed E-state index contributed by atoms with van der Waals surface area (Å²) in [5.74, 6) is 0.815. The zero-order valence-corrected chi connectivity index (χ0v) is 13.5. The standard InChI is InChI=1S/C15H20BrNO3/c1-15(2)12-10-11(19-9-5-3-4-8-16)6-7-13(12)17-14(18)20-15/h6-7,10H,3-5,8-9H2,1-2H3,(H,17,18). The van der Waals surface area contributed by atoms with Crippen molar-refractivity contribution in [1.82, 2.24) is 0 Å². The maximum atomic E-state index is 11.4. The van der Waals surface area contributed by atoms with Gasteiger partial charge in [-0.1, -0.05) is 15.9 Å². The second-order valence-corrected chi connectivity index (χ2v) is 6.12. The third-order valence-corrected chi connectivity index (χ3v) is 3.83. The van der Waals surface area contributed by atoms with E-state index in [0.717, 1.165) is 35.2 Å². The second kappa shape index (κ2) is 6.48. The van der Waals surface area contributed by atoms with Gasteiger partial charge >= 0.3 is 6.09 Å². The number of ether oxygens (including phenoxy) is 2. The molecule has 0 saturated heterocycles. The number of carbonyl (C=O) groups is 1. The molecule has 1 amide bonds. The molecule has 5 heteroatoms. The van der Waals surface area contributed by atoms with Crippen molar-refractivity contribution in [2.45, 2.75) is 38.7 Å². The molecule has 1 aromatic rings. The van der Waals surface area contributed by atoms with Crippen molar-refractivity contribution in [2.24, 2.45) is 0 Å². The lowest BCUT2D eigenvalue weighted by Crippen LogP contribution is -2.34. The van der Waals surface area contributed by atoms with Crippen LogP contribution in [0.2, 0.25) is 0 Å². The van der Waals surface area contributed by atoms with E-state index in [2.05, 4.69) is 21.2 Å². The molecule has 1 heterocycles. The number of halogens is 1. The number of alkyl halides is 1. The summed E-state index contributed by atoms with van der Waals surface area (Å²) < 4.78 is 11.1. The van der Waals surface area contributed by atoms with Crippen LogP contribution >= 0.6 is 15.9 Å². The van der Waals surface area contributed by atoms with Crippen LogP contribution in [-0.4, -0.2) is 18.0 Å². The predicted molar refractivity (Wildman–Crippen MR) is 82.7 cm³/mol. The Bertz CT molecular complexity index is 488. The summed E-state index contributed by atoms with van der Waals surface area (Å²) >= 11 is 3.42. The Morgan fingerprint density at radius 1 is 1.30 bits per heavy atom. The van der Waals surface area contributed by atoms with Gasteiger partial charge in [-0.25, -0.2) is 4.79 Å². The molecule has 4 nitrogen and oxygen atoms in total. The van der Waals surface area contributed by atoms with Crippen molar-refractivity contribution >= 4 is 27.7 Å². The molecule has 0 aromatic heterocycles. The van der Waals surface area contributed by atoms with Crippen LogP contribution < -0.4 is 10.1 Å². The zero-order valence-electron chi connectivity index (χ0n) is 11.9. The summed E-state index contributed by atoms with van der Waals surface area (Å²) in [5.41, 5.74) is 1.10. The number of nitrogens with one attached hydrogen (secondary N) is 1. The Morgan fingerprint density at radius 3 is 2.85 bits per heavy atom. The Balaban J connectivity index is 2.02. The van der Waals surface area contributed by atoms with Crippen LogP contribution in [0.5, 0.6) is 5.75 Å². The number of anilines is 1. The maximum absolute atomic E-state index is 11.4. The highest BCUT2D eigenvalue weighted by atomic mass is 79.9. The first-order chi connectivity index (χ1) is 9.53. The minimum atomic E-state index is -0.632. The number of amides is 1. The molecule has 0 aliphatic carbocycles. The van der Waals surface area contributed by atoms with Gasteiger partial charge in [-0.05, 0) is 51.3 Å². The van der Waals surface area contributed by atoms with Crippen LogP contribution in [0.15, 0.2) is 18.2 Å². The zero-order chi connectivity index (χ0) is 14.6. The highest BCUT2D eigenvalue weighted by molar-refractivity contribution is 9.09. The SMILES string of the molecule is CC1(C)OC(=O)Nc2ccc(OCCCCCBr)cc21. The number of cyclic esters (lactones) is 1. The van der Waals surface area contributed by atoms with Crippen molar-refractivity contribution < 1.29 is 14.3 Å². The van der Waals surface area contributed by atoms with Crippen molar-refractivity contribution in [3.05, 3.63) is 23.8 Å². The average Bonchev–Trinajstić information content (AvgIpc) is 2.38. The number of hydrogen-bond donors (Lipinski definition) is 1. The van der Waals surface area contributed by atoms with Crippen molar-refractivity contribution in [1.29, 1.82) is 0 Å². The molecule has 20 heavy (non-hydrogen) atoms. The van der Waals surface area contributed by atoms with E-state index in [1.165, 1.54) is 6.42 Å². The molecule has 2 rings (SSSR count). The van der Waals surface area contributed by atoms with E-state index < -0.39 is 11.7 Å². The van der Waals surface area contributed by atoms with E-state index in [1.807, 2.05) is 32.0 Å². The van der Waals surface area contributed by atoms with Gasteiger partial charge in [0.05, 0.1) is 12.3 Å². The summed E-state index contributed by atoms with van der Waals surface area (Å²) in [4.78, 5) is 11.4. The summed E-state index contributed by atoms with van der Waals surface area (Å²) in [6.07, 6.45) is 2.95. The van der Waals surface area contributed by atoms with Gasteiger partial charge in [0.25, 0.3) is 0 Å². The highest BCUT2D eigenvalue weighted by Gasteiger charge is 2.33. The van der Waals surface area contributed by atoms with E-state index in [4.69, 9.17) is 9.47 Å².